The van der Waals surface area contributed by atoms with Gasteiger partial charge in [0.1, 0.15) is 0 Å². The van der Waals surface area contributed by atoms with Gasteiger partial charge in [-0.05, 0) is 37.1 Å². The van der Waals surface area contributed by atoms with Crippen molar-refractivity contribution < 1.29 is 10.2 Å². The van der Waals surface area contributed by atoms with E-state index in [1.54, 1.807) is 0 Å². The average molecular weight is 252 g/mol. The highest BCUT2D eigenvalue weighted by atomic mass is 32.2. The second kappa shape index (κ2) is 5.08. The highest BCUT2D eigenvalue weighted by Gasteiger charge is 2.08. The maximum atomic E-state index is 9.27. The van der Waals surface area contributed by atoms with Crippen LogP contribution < -0.4 is 0 Å². The molecule has 92 valence electrons. The van der Waals surface area contributed by atoms with Crippen molar-refractivity contribution in [3.05, 3.63) is 23.3 Å². The first-order chi connectivity index (χ1) is 8.10. The maximum Gasteiger partial charge on any atom is 0.166 e. The van der Waals surface area contributed by atoms with Crippen molar-refractivity contribution in [2.24, 2.45) is 0 Å². The Hall–Kier alpha value is -1.04. The minimum atomic E-state index is -0.698. The Morgan fingerprint density at radius 3 is 2.76 bits per heavy atom. The van der Waals surface area contributed by atoms with E-state index in [1.165, 1.54) is 22.9 Å². The molecule has 2 rings (SSSR count). The van der Waals surface area contributed by atoms with Crippen LogP contribution >= 0.6 is 11.8 Å². The predicted octanol–water partition coefficient (Wildman–Crippen LogP) is 1.63. The first kappa shape index (κ1) is 12.4. The summed E-state index contributed by atoms with van der Waals surface area (Å²) >= 11 is 1.41. The highest BCUT2D eigenvalue weighted by molar-refractivity contribution is 7.99. The van der Waals surface area contributed by atoms with Crippen LogP contribution in [0.3, 0.4) is 0 Å². The molecule has 1 unspecified atom stereocenters. The Kier molecular flexibility index (Phi) is 3.71. The van der Waals surface area contributed by atoms with Crippen LogP contribution in [0.25, 0.3) is 11.0 Å². The number of aliphatic hydroxyl groups is 2. The predicted molar refractivity (Wildman–Crippen MR) is 69.4 cm³/mol. The number of hydrogen-bond acceptors (Lipinski definition) is 4. The first-order valence-corrected chi connectivity index (χ1v) is 6.47. The van der Waals surface area contributed by atoms with Crippen LogP contribution in [0, 0.1) is 13.8 Å². The molecule has 1 heterocycles. The molecule has 0 aliphatic heterocycles. The van der Waals surface area contributed by atoms with Crippen LogP contribution in [0.5, 0.6) is 0 Å². The van der Waals surface area contributed by atoms with Crippen molar-refractivity contribution in [3.8, 4) is 0 Å². The molecule has 0 amide bonds. The lowest BCUT2D eigenvalue weighted by molar-refractivity contribution is 0.113. The first-order valence-electron chi connectivity index (χ1n) is 5.49. The van der Waals surface area contributed by atoms with Gasteiger partial charge in [0.25, 0.3) is 0 Å². The largest absolute Gasteiger partial charge is 0.394 e. The minimum absolute atomic E-state index is 0.217. The van der Waals surface area contributed by atoms with Gasteiger partial charge in [0.05, 0.1) is 23.7 Å². The van der Waals surface area contributed by atoms with Crippen LogP contribution in [0.4, 0.5) is 0 Å². The third-order valence-electron chi connectivity index (χ3n) is 2.70. The number of nitrogens with zero attached hydrogens (tertiary/aromatic N) is 1. The lowest BCUT2D eigenvalue weighted by Gasteiger charge is -2.03. The SMILES string of the molecule is Cc1cc2nc(SCC(O)CO)[nH]c2cc1C. The van der Waals surface area contributed by atoms with Crippen LogP contribution in [-0.2, 0) is 0 Å². The van der Waals surface area contributed by atoms with E-state index in [0.717, 1.165) is 16.2 Å². The number of nitrogens with one attached hydrogen (secondary N) is 1. The quantitative estimate of drug-likeness (QED) is 0.723. The molecular weight excluding hydrogens is 236 g/mol. The van der Waals surface area contributed by atoms with Gasteiger partial charge in [-0.15, -0.1) is 0 Å². The fraction of sp³-hybridized carbons (Fsp3) is 0.417. The number of imidazole rings is 1. The molecule has 1 aromatic carbocycles. The van der Waals surface area contributed by atoms with Gasteiger partial charge < -0.3 is 15.2 Å². The summed E-state index contributed by atoms with van der Waals surface area (Å²) in [5.74, 6) is 0.439. The number of thioether (sulfide) groups is 1. The Morgan fingerprint density at radius 2 is 2.06 bits per heavy atom. The zero-order valence-corrected chi connectivity index (χ0v) is 10.7. The summed E-state index contributed by atoms with van der Waals surface area (Å²) in [5, 5.41) is 18.8. The van der Waals surface area contributed by atoms with Crippen molar-refractivity contribution in [1.29, 1.82) is 0 Å². The lowest BCUT2D eigenvalue weighted by atomic mass is 10.1. The number of rotatable bonds is 4. The van der Waals surface area contributed by atoms with Gasteiger partial charge in [0.15, 0.2) is 5.16 Å². The Bertz CT molecular complexity index is 485. The van der Waals surface area contributed by atoms with E-state index in [-0.39, 0.29) is 6.61 Å². The number of benzene rings is 1. The number of fused-ring (bicyclic) bond motifs is 1. The van der Waals surface area contributed by atoms with E-state index in [9.17, 15) is 5.11 Å². The number of hydrogen-bond donors (Lipinski definition) is 3. The number of aromatic nitrogens is 2. The Balaban J connectivity index is 2.20. The van der Waals surface area contributed by atoms with E-state index in [2.05, 4.69) is 29.9 Å². The molecule has 0 saturated heterocycles. The molecule has 17 heavy (non-hydrogen) atoms. The molecule has 2 aromatic rings. The summed E-state index contributed by atoms with van der Waals surface area (Å²) in [4.78, 5) is 7.64. The molecule has 1 atom stereocenters. The lowest BCUT2D eigenvalue weighted by Crippen LogP contribution is -2.14. The molecule has 5 heteroatoms. The van der Waals surface area contributed by atoms with Crippen molar-refractivity contribution in [2.75, 3.05) is 12.4 Å². The fourth-order valence-electron chi connectivity index (χ4n) is 1.54. The zero-order chi connectivity index (χ0) is 12.4. The molecular formula is C12H16N2O2S. The molecule has 0 fully saturated rings. The summed E-state index contributed by atoms with van der Waals surface area (Å²) < 4.78 is 0. The monoisotopic (exact) mass is 252 g/mol. The third-order valence-corrected chi connectivity index (χ3v) is 3.72. The molecule has 0 spiro atoms. The van der Waals surface area contributed by atoms with E-state index in [4.69, 9.17) is 5.11 Å². The molecule has 0 bridgehead atoms. The van der Waals surface area contributed by atoms with Gasteiger partial charge in [0.2, 0.25) is 0 Å². The van der Waals surface area contributed by atoms with Gasteiger partial charge in [0, 0.05) is 5.75 Å². The second-order valence-corrected chi connectivity index (χ2v) is 5.15. The molecule has 0 aliphatic rings. The van der Waals surface area contributed by atoms with Gasteiger partial charge in [-0.2, -0.15) is 0 Å². The summed E-state index contributed by atoms with van der Waals surface area (Å²) in [6, 6.07) is 4.12. The number of H-pyrrole nitrogens is 1. The Morgan fingerprint density at radius 1 is 1.35 bits per heavy atom. The standard InChI is InChI=1S/C12H16N2O2S/c1-7-3-10-11(4-8(7)2)14-12(13-10)17-6-9(16)5-15/h3-4,9,15-16H,5-6H2,1-2H3,(H,13,14). The van der Waals surface area contributed by atoms with Crippen molar-refractivity contribution >= 4 is 22.8 Å². The summed E-state index contributed by atoms with van der Waals surface area (Å²) in [6.07, 6.45) is -0.698. The number of aromatic amines is 1. The summed E-state index contributed by atoms with van der Waals surface area (Å²) in [5.41, 5.74) is 4.40. The van der Waals surface area contributed by atoms with E-state index in [0.29, 0.717) is 5.75 Å². The maximum absolute atomic E-state index is 9.27. The topological polar surface area (TPSA) is 69.1 Å². The van der Waals surface area contributed by atoms with E-state index in [1.807, 2.05) is 6.07 Å². The van der Waals surface area contributed by atoms with Crippen LogP contribution in [0.2, 0.25) is 0 Å². The van der Waals surface area contributed by atoms with Crippen LogP contribution in [0.15, 0.2) is 17.3 Å². The normalized spacial score (nSPS) is 13.2. The van der Waals surface area contributed by atoms with E-state index >= 15 is 0 Å². The van der Waals surface area contributed by atoms with Crippen LogP contribution in [-0.4, -0.2) is 38.6 Å². The minimum Gasteiger partial charge on any atom is -0.394 e. The van der Waals surface area contributed by atoms with Gasteiger partial charge >= 0.3 is 0 Å². The third kappa shape index (κ3) is 2.80. The fourth-order valence-corrected chi connectivity index (χ4v) is 2.34. The van der Waals surface area contributed by atoms with Crippen molar-refractivity contribution in [3.63, 3.8) is 0 Å². The highest BCUT2D eigenvalue weighted by Crippen LogP contribution is 2.22. The van der Waals surface area contributed by atoms with Crippen molar-refractivity contribution in [2.45, 2.75) is 25.1 Å². The van der Waals surface area contributed by atoms with Gasteiger partial charge in [-0.25, -0.2) is 4.98 Å². The molecule has 0 radical (unpaired) electrons. The van der Waals surface area contributed by atoms with Crippen molar-refractivity contribution in [1.82, 2.24) is 9.97 Å². The van der Waals surface area contributed by atoms with Crippen LogP contribution in [0.1, 0.15) is 11.1 Å². The molecule has 4 nitrogen and oxygen atoms in total. The molecule has 1 aromatic heterocycles. The average Bonchev–Trinajstić information content (AvgIpc) is 2.68. The van der Waals surface area contributed by atoms with E-state index < -0.39 is 6.10 Å². The number of aryl methyl sites for hydroxylation is 2. The molecule has 3 N–H and O–H groups in total. The molecule has 0 aliphatic carbocycles. The second-order valence-electron chi connectivity index (χ2n) is 4.14. The van der Waals surface area contributed by atoms with Gasteiger partial charge in [-0.1, -0.05) is 11.8 Å². The Labute approximate surface area is 104 Å². The summed E-state index contributed by atoms with van der Waals surface area (Å²) in [7, 11) is 0. The zero-order valence-electron chi connectivity index (χ0n) is 9.90. The smallest absolute Gasteiger partial charge is 0.166 e. The summed E-state index contributed by atoms with van der Waals surface area (Å²) in [6.45, 7) is 3.91. The molecule has 0 saturated carbocycles. The van der Waals surface area contributed by atoms with Gasteiger partial charge in [-0.3, -0.25) is 0 Å². The number of aliphatic hydroxyl groups excluding tert-OH is 2.